The van der Waals surface area contributed by atoms with E-state index in [1.54, 1.807) is 18.2 Å². The summed E-state index contributed by atoms with van der Waals surface area (Å²) in [6, 6.07) is 4.99. The molecule has 1 aliphatic heterocycles. The Balaban J connectivity index is 2.07. The lowest BCUT2D eigenvalue weighted by atomic mass is 10.1. The lowest BCUT2D eigenvalue weighted by Crippen LogP contribution is -2.24. The fraction of sp³-hybridized carbons (Fsp3) is 0.500. The second kappa shape index (κ2) is 6.26. The fourth-order valence-electron chi connectivity index (χ4n) is 2.34. The first kappa shape index (κ1) is 14.2. The van der Waals surface area contributed by atoms with Crippen LogP contribution in [0.3, 0.4) is 0 Å². The predicted octanol–water partition coefficient (Wildman–Crippen LogP) is 2.60. The number of alkyl halides is 1. The van der Waals surface area contributed by atoms with Gasteiger partial charge in [-0.15, -0.1) is 11.6 Å². The van der Waals surface area contributed by atoms with Crippen LogP contribution in [-0.4, -0.2) is 41.7 Å². The lowest BCUT2D eigenvalue weighted by Gasteiger charge is -2.16. The van der Waals surface area contributed by atoms with Crippen LogP contribution in [0.25, 0.3) is 0 Å². The van der Waals surface area contributed by atoms with E-state index in [1.807, 2.05) is 0 Å². The number of hydrogen-bond donors (Lipinski definition) is 1. The first-order chi connectivity index (χ1) is 9.13. The van der Waals surface area contributed by atoms with E-state index in [1.165, 1.54) is 0 Å². The molecule has 1 N–H and O–H groups in total. The first-order valence-corrected chi connectivity index (χ1v) is 6.98. The smallest absolute Gasteiger partial charge is 0.336 e. The van der Waals surface area contributed by atoms with Gasteiger partial charge in [0, 0.05) is 19.0 Å². The second-order valence-electron chi connectivity index (χ2n) is 4.68. The molecule has 1 aromatic carbocycles. The average Bonchev–Trinajstić information content (AvgIpc) is 2.86. The van der Waals surface area contributed by atoms with Gasteiger partial charge in [0.05, 0.1) is 5.56 Å². The van der Waals surface area contributed by atoms with Gasteiger partial charge in [-0.2, -0.15) is 0 Å². The molecule has 1 heterocycles. The summed E-state index contributed by atoms with van der Waals surface area (Å²) in [6.45, 7) is 5.14. The zero-order valence-corrected chi connectivity index (χ0v) is 11.7. The quantitative estimate of drug-likeness (QED) is 0.844. The molecule has 4 nitrogen and oxygen atoms in total. The maximum absolute atomic E-state index is 11.0. The number of nitrogens with zero attached hydrogens (tertiary/aromatic N) is 1. The normalized spacial score (nSPS) is 19.6. The number of benzene rings is 1. The summed E-state index contributed by atoms with van der Waals surface area (Å²) in [7, 11) is 0. The van der Waals surface area contributed by atoms with Crippen LogP contribution in [0, 0.1) is 0 Å². The molecule has 5 heteroatoms. The van der Waals surface area contributed by atoms with Crippen LogP contribution in [0.2, 0.25) is 0 Å². The van der Waals surface area contributed by atoms with E-state index in [9.17, 15) is 4.79 Å². The molecule has 1 saturated heterocycles. The van der Waals surface area contributed by atoms with Crippen LogP contribution in [-0.2, 0) is 5.88 Å². The van der Waals surface area contributed by atoms with E-state index in [0.29, 0.717) is 11.3 Å². The molecule has 19 heavy (non-hydrogen) atoms. The molecular weight excluding hydrogens is 266 g/mol. The van der Waals surface area contributed by atoms with Crippen molar-refractivity contribution >= 4 is 17.6 Å². The first-order valence-electron chi connectivity index (χ1n) is 6.45. The highest BCUT2D eigenvalue weighted by molar-refractivity contribution is 6.17. The number of aromatic carboxylic acids is 1. The van der Waals surface area contributed by atoms with Crippen molar-refractivity contribution < 1.29 is 14.6 Å². The van der Waals surface area contributed by atoms with E-state index in [-0.39, 0.29) is 17.5 Å². The van der Waals surface area contributed by atoms with Crippen LogP contribution in [0.5, 0.6) is 5.75 Å². The zero-order chi connectivity index (χ0) is 13.8. The minimum Gasteiger partial charge on any atom is -0.489 e. The third kappa shape index (κ3) is 3.39. The molecule has 0 radical (unpaired) electrons. The summed E-state index contributed by atoms with van der Waals surface area (Å²) in [4.78, 5) is 13.3. The molecule has 0 aliphatic carbocycles. The van der Waals surface area contributed by atoms with E-state index >= 15 is 0 Å². The van der Waals surface area contributed by atoms with Gasteiger partial charge in [-0.25, -0.2) is 4.79 Å². The number of likely N-dealkylation sites (tertiary alicyclic amines) is 1. The molecule has 1 aliphatic rings. The Morgan fingerprint density at radius 1 is 1.58 bits per heavy atom. The molecule has 104 valence electrons. The third-order valence-electron chi connectivity index (χ3n) is 3.43. The van der Waals surface area contributed by atoms with Crippen molar-refractivity contribution in [2.45, 2.75) is 25.3 Å². The number of hydrogen-bond acceptors (Lipinski definition) is 3. The summed E-state index contributed by atoms with van der Waals surface area (Å²) in [5.74, 6) is -0.0891. The number of carboxylic acids is 1. The minimum atomic E-state index is -0.958. The van der Waals surface area contributed by atoms with Gasteiger partial charge < -0.3 is 9.84 Å². The molecule has 1 aromatic rings. The van der Waals surface area contributed by atoms with Gasteiger partial charge >= 0.3 is 5.97 Å². The van der Waals surface area contributed by atoms with Gasteiger partial charge in [0.2, 0.25) is 0 Å². The Morgan fingerprint density at radius 3 is 2.95 bits per heavy atom. The summed E-state index contributed by atoms with van der Waals surface area (Å²) in [5, 5.41) is 9.03. The van der Waals surface area contributed by atoms with Crippen molar-refractivity contribution in [1.29, 1.82) is 0 Å². The fourth-order valence-corrected chi connectivity index (χ4v) is 2.56. The van der Waals surface area contributed by atoms with Crippen LogP contribution in [0.1, 0.15) is 29.3 Å². The molecule has 0 aromatic heterocycles. The van der Waals surface area contributed by atoms with E-state index in [4.69, 9.17) is 21.4 Å². The number of halogens is 1. The lowest BCUT2D eigenvalue weighted by molar-refractivity contribution is 0.0696. The van der Waals surface area contributed by atoms with Gasteiger partial charge in [0.25, 0.3) is 0 Å². The Labute approximate surface area is 117 Å². The molecule has 1 fully saturated rings. The summed E-state index contributed by atoms with van der Waals surface area (Å²) in [6.07, 6.45) is 1.18. The highest BCUT2D eigenvalue weighted by atomic mass is 35.5. The Bertz CT molecular complexity index is 464. The molecule has 0 spiro atoms. The monoisotopic (exact) mass is 283 g/mol. The van der Waals surface area contributed by atoms with Crippen molar-refractivity contribution in [2.24, 2.45) is 0 Å². The van der Waals surface area contributed by atoms with Crippen LogP contribution in [0.15, 0.2) is 18.2 Å². The maximum Gasteiger partial charge on any atom is 0.336 e. The number of ether oxygens (including phenoxy) is 1. The molecule has 0 unspecified atom stereocenters. The average molecular weight is 284 g/mol. The van der Waals surface area contributed by atoms with Crippen molar-refractivity contribution in [2.75, 3.05) is 19.6 Å². The van der Waals surface area contributed by atoms with Gasteiger partial charge in [-0.05, 0) is 36.7 Å². The Morgan fingerprint density at radius 2 is 2.37 bits per heavy atom. The van der Waals surface area contributed by atoms with E-state index < -0.39 is 5.97 Å². The van der Waals surface area contributed by atoms with E-state index in [0.717, 1.165) is 26.1 Å². The molecular formula is C14H18ClNO3. The topological polar surface area (TPSA) is 49.8 Å². The number of carbonyl (C=O) groups is 1. The number of rotatable bonds is 5. The largest absolute Gasteiger partial charge is 0.489 e. The predicted molar refractivity (Wildman–Crippen MR) is 74.1 cm³/mol. The third-order valence-corrected chi connectivity index (χ3v) is 3.72. The van der Waals surface area contributed by atoms with Gasteiger partial charge in [0.15, 0.2) is 0 Å². The van der Waals surface area contributed by atoms with Crippen LogP contribution in [0.4, 0.5) is 0 Å². The second-order valence-corrected chi connectivity index (χ2v) is 4.95. The number of likely N-dealkylation sites (N-methyl/N-ethyl adjacent to an activating group) is 1. The zero-order valence-electron chi connectivity index (χ0n) is 10.9. The maximum atomic E-state index is 11.0. The van der Waals surface area contributed by atoms with Gasteiger partial charge in [0.1, 0.15) is 11.9 Å². The standard InChI is InChI=1S/C14H18ClNO3/c1-2-16-6-5-12(9-16)19-11-3-4-13(14(17)18)10(7-11)8-15/h3-4,7,12H,2,5-6,8-9H2,1H3,(H,17,18)/t12-/m1/s1. The molecule has 2 rings (SSSR count). The molecule has 0 amide bonds. The summed E-state index contributed by atoms with van der Waals surface area (Å²) in [5.41, 5.74) is 0.834. The number of carboxylic acid groups (broad SMARTS) is 1. The van der Waals surface area contributed by atoms with Crippen LogP contribution >= 0.6 is 11.6 Å². The summed E-state index contributed by atoms with van der Waals surface area (Å²) >= 11 is 5.78. The molecule has 0 saturated carbocycles. The minimum absolute atomic E-state index is 0.171. The van der Waals surface area contributed by atoms with Crippen molar-refractivity contribution in [1.82, 2.24) is 4.90 Å². The molecule has 1 atom stereocenters. The van der Waals surface area contributed by atoms with E-state index in [2.05, 4.69) is 11.8 Å². The van der Waals surface area contributed by atoms with Crippen molar-refractivity contribution in [3.63, 3.8) is 0 Å². The van der Waals surface area contributed by atoms with Crippen molar-refractivity contribution in [3.8, 4) is 5.75 Å². The SMILES string of the molecule is CCN1CC[C@@H](Oc2ccc(C(=O)O)c(CCl)c2)C1. The highest BCUT2D eigenvalue weighted by Gasteiger charge is 2.23. The summed E-state index contributed by atoms with van der Waals surface area (Å²) < 4.78 is 5.89. The highest BCUT2D eigenvalue weighted by Crippen LogP contribution is 2.23. The Kier molecular flexibility index (Phi) is 4.66. The Hall–Kier alpha value is -1.26. The van der Waals surface area contributed by atoms with Crippen molar-refractivity contribution in [3.05, 3.63) is 29.3 Å². The van der Waals surface area contributed by atoms with Gasteiger partial charge in [-0.3, -0.25) is 4.90 Å². The molecule has 0 bridgehead atoms. The van der Waals surface area contributed by atoms with Gasteiger partial charge in [-0.1, -0.05) is 6.92 Å². The van der Waals surface area contributed by atoms with Crippen LogP contribution < -0.4 is 4.74 Å².